The molecular weight excluding hydrogens is 336 g/mol. The summed E-state index contributed by atoms with van der Waals surface area (Å²) in [6.07, 6.45) is 4.39. The van der Waals surface area contributed by atoms with Crippen LogP contribution in [0.4, 0.5) is 0 Å². The van der Waals surface area contributed by atoms with E-state index in [9.17, 15) is 4.79 Å². The van der Waals surface area contributed by atoms with Crippen LogP contribution in [0.1, 0.15) is 42.0 Å². The van der Waals surface area contributed by atoms with E-state index in [-0.39, 0.29) is 11.9 Å². The fourth-order valence-electron chi connectivity index (χ4n) is 3.85. The molecule has 0 saturated heterocycles. The van der Waals surface area contributed by atoms with Gasteiger partial charge in [-0.25, -0.2) is 0 Å². The van der Waals surface area contributed by atoms with E-state index >= 15 is 0 Å². The van der Waals surface area contributed by atoms with E-state index in [1.54, 1.807) is 7.11 Å². The van der Waals surface area contributed by atoms with E-state index in [0.29, 0.717) is 12.5 Å². The molecule has 0 bridgehead atoms. The minimum absolute atomic E-state index is 0.151. The van der Waals surface area contributed by atoms with Crippen molar-refractivity contribution in [2.75, 3.05) is 21.2 Å². The molecule has 2 atom stereocenters. The Kier molecular flexibility index (Phi) is 6.51. The number of methoxy groups -OCH3 is 1. The van der Waals surface area contributed by atoms with Gasteiger partial charge >= 0.3 is 0 Å². The lowest BCUT2D eigenvalue weighted by atomic mass is 10.0. The van der Waals surface area contributed by atoms with Crippen LogP contribution < -0.4 is 10.1 Å². The van der Waals surface area contributed by atoms with Crippen LogP contribution in [0.3, 0.4) is 0 Å². The number of benzene rings is 2. The van der Waals surface area contributed by atoms with Crippen molar-refractivity contribution in [2.45, 2.75) is 44.2 Å². The summed E-state index contributed by atoms with van der Waals surface area (Å²) in [4.78, 5) is 14.7. The van der Waals surface area contributed by atoms with Crippen LogP contribution in [0.2, 0.25) is 0 Å². The quantitative estimate of drug-likeness (QED) is 0.774. The van der Waals surface area contributed by atoms with Crippen LogP contribution in [-0.4, -0.2) is 38.1 Å². The monoisotopic (exact) mass is 366 g/mol. The van der Waals surface area contributed by atoms with Crippen molar-refractivity contribution in [3.8, 4) is 5.75 Å². The molecule has 0 heterocycles. The molecule has 27 heavy (non-hydrogen) atoms. The van der Waals surface area contributed by atoms with Gasteiger partial charge < -0.3 is 15.0 Å². The molecule has 2 aromatic rings. The number of carbonyl (C=O) groups excluding carboxylic acids is 1. The van der Waals surface area contributed by atoms with Crippen molar-refractivity contribution in [2.24, 2.45) is 0 Å². The van der Waals surface area contributed by atoms with Crippen LogP contribution in [0.5, 0.6) is 5.75 Å². The Bertz CT molecular complexity index is 755. The summed E-state index contributed by atoms with van der Waals surface area (Å²) in [5, 5.41) is 3.23. The molecule has 0 aromatic heterocycles. The summed E-state index contributed by atoms with van der Waals surface area (Å²) in [5.74, 6) is 1.02. The Hall–Kier alpha value is -2.33. The van der Waals surface area contributed by atoms with Crippen LogP contribution in [-0.2, 0) is 17.6 Å². The second-order valence-electron chi connectivity index (χ2n) is 7.57. The summed E-state index contributed by atoms with van der Waals surface area (Å²) in [6.45, 7) is 0. The highest BCUT2D eigenvalue weighted by Gasteiger charge is 2.23. The fourth-order valence-corrected chi connectivity index (χ4v) is 3.85. The predicted molar refractivity (Wildman–Crippen MR) is 109 cm³/mol. The van der Waals surface area contributed by atoms with Gasteiger partial charge in [-0.2, -0.15) is 0 Å². The maximum Gasteiger partial charge on any atom is 0.220 e. The molecule has 1 aliphatic carbocycles. The molecule has 2 aromatic carbocycles. The molecular formula is C23H30N2O2. The first-order valence-corrected chi connectivity index (χ1v) is 9.73. The molecule has 0 fully saturated rings. The average Bonchev–Trinajstić information content (AvgIpc) is 3.08. The van der Waals surface area contributed by atoms with Crippen LogP contribution in [0, 0.1) is 0 Å². The van der Waals surface area contributed by atoms with E-state index in [1.165, 1.54) is 16.7 Å². The molecule has 144 valence electrons. The molecule has 0 saturated carbocycles. The largest absolute Gasteiger partial charge is 0.497 e. The Morgan fingerprint density at radius 1 is 1.19 bits per heavy atom. The first-order chi connectivity index (χ1) is 13.1. The van der Waals surface area contributed by atoms with Gasteiger partial charge in [-0.3, -0.25) is 4.79 Å². The van der Waals surface area contributed by atoms with Crippen LogP contribution in [0.25, 0.3) is 0 Å². The van der Waals surface area contributed by atoms with Gasteiger partial charge in [0.2, 0.25) is 5.91 Å². The highest BCUT2D eigenvalue weighted by atomic mass is 16.5. The van der Waals surface area contributed by atoms with E-state index in [0.717, 1.165) is 31.4 Å². The van der Waals surface area contributed by atoms with Gasteiger partial charge in [0.25, 0.3) is 0 Å². The lowest BCUT2D eigenvalue weighted by Gasteiger charge is -2.25. The lowest BCUT2D eigenvalue weighted by Crippen LogP contribution is -2.33. The van der Waals surface area contributed by atoms with Crippen molar-refractivity contribution in [3.63, 3.8) is 0 Å². The molecule has 1 unspecified atom stereocenters. The maximum absolute atomic E-state index is 12.5. The topological polar surface area (TPSA) is 41.6 Å². The van der Waals surface area contributed by atoms with E-state index < -0.39 is 0 Å². The van der Waals surface area contributed by atoms with Gasteiger partial charge in [0, 0.05) is 12.5 Å². The van der Waals surface area contributed by atoms with Crippen molar-refractivity contribution in [3.05, 3.63) is 65.2 Å². The number of fused-ring (bicyclic) bond motifs is 1. The summed E-state index contributed by atoms with van der Waals surface area (Å²) >= 11 is 0. The smallest absolute Gasteiger partial charge is 0.220 e. The normalized spacial score (nSPS) is 16.8. The summed E-state index contributed by atoms with van der Waals surface area (Å²) in [7, 11) is 5.84. The predicted octanol–water partition coefficient (Wildman–Crippen LogP) is 3.75. The fraction of sp³-hybridized carbons (Fsp3) is 0.435. The number of ether oxygens (including phenoxy) is 1. The molecule has 1 N–H and O–H groups in total. The number of carbonyl (C=O) groups is 1. The Morgan fingerprint density at radius 2 is 1.93 bits per heavy atom. The Labute approximate surface area is 162 Å². The van der Waals surface area contributed by atoms with Crippen molar-refractivity contribution < 1.29 is 9.53 Å². The van der Waals surface area contributed by atoms with Crippen LogP contribution >= 0.6 is 0 Å². The minimum atomic E-state index is 0.151. The maximum atomic E-state index is 12.5. The Morgan fingerprint density at radius 3 is 2.63 bits per heavy atom. The van der Waals surface area contributed by atoms with E-state index in [4.69, 9.17) is 4.74 Å². The van der Waals surface area contributed by atoms with Gasteiger partial charge in [-0.1, -0.05) is 36.4 Å². The summed E-state index contributed by atoms with van der Waals surface area (Å²) in [6, 6.07) is 17.1. The number of likely N-dealkylation sites (N-methyl/N-ethyl adjacent to an activating group) is 1. The van der Waals surface area contributed by atoms with Gasteiger partial charge in [0.15, 0.2) is 0 Å². The molecule has 1 amide bonds. The number of amides is 1. The number of aryl methyl sites for hydroxylation is 1. The van der Waals surface area contributed by atoms with Gasteiger partial charge in [-0.15, -0.1) is 0 Å². The van der Waals surface area contributed by atoms with Gasteiger partial charge in [0.1, 0.15) is 5.75 Å². The first kappa shape index (κ1) is 19.4. The Balaban J connectivity index is 1.52. The second kappa shape index (κ2) is 9.05. The number of hydrogen-bond acceptors (Lipinski definition) is 3. The third-order valence-electron chi connectivity index (χ3n) is 5.53. The van der Waals surface area contributed by atoms with Gasteiger partial charge in [0.05, 0.1) is 13.2 Å². The second-order valence-corrected chi connectivity index (χ2v) is 7.57. The molecule has 0 aliphatic heterocycles. The molecule has 4 nitrogen and oxygen atoms in total. The van der Waals surface area contributed by atoms with Crippen molar-refractivity contribution in [1.82, 2.24) is 10.2 Å². The number of rotatable bonds is 8. The average molecular weight is 367 g/mol. The van der Waals surface area contributed by atoms with E-state index in [2.05, 4.69) is 60.7 Å². The minimum Gasteiger partial charge on any atom is -0.497 e. The zero-order valence-corrected chi connectivity index (χ0v) is 16.6. The third kappa shape index (κ3) is 5.10. The zero-order chi connectivity index (χ0) is 19.2. The molecule has 0 spiro atoms. The van der Waals surface area contributed by atoms with Crippen molar-refractivity contribution >= 4 is 5.91 Å². The van der Waals surface area contributed by atoms with Gasteiger partial charge in [-0.05, 0) is 68.6 Å². The highest BCUT2D eigenvalue weighted by Crippen LogP contribution is 2.30. The summed E-state index contributed by atoms with van der Waals surface area (Å²) < 4.78 is 5.23. The van der Waals surface area contributed by atoms with Crippen molar-refractivity contribution in [1.29, 1.82) is 0 Å². The highest BCUT2D eigenvalue weighted by molar-refractivity contribution is 5.76. The number of hydrogen-bond donors (Lipinski definition) is 1. The standard InChI is InChI=1S/C23H30N2O2/c1-25(2)19(16-17-8-12-20(27-3)13-9-17)11-15-23(26)24-22-14-10-18-6-4-5-7-21(18)22/h4-9,12-13,19,22H,10-11,14-16H2,1-3H3,(H,24,26)/t19-,22?/m1/s1. The summed E-state index contributed by atoms with van der Waals surface area (Å²) in [5.41, 5.74) is 3.92. The SMILES string of the molecule is COc1ccc(C[C@@H](CCC(=O)NC2CCc3ccccc32)N(C)C)cc1. The van der Waals surface area contributed by atoms with Crippen LogP contribution in [0.15, 0.2) is 48.5 Å². The zero-order valence-electron chi connectivity index (χ0n) is 16.6. The molecule has 1 aliphatic rings. The third-order valence-corrected chi connectivity index (χ3v) is 5.53. The van der Waals surface area contributed by atoms with E-state index in [1.807, 2.05) is 12.1 Å². The first-order valence-electron chi connectivity index (χ1n) is 9.73. The molecule has 4 heteroatoms. The number of nitrogens with one attached hydrogen (secondary N) is 1. The molecule has 0 radical (unpaired) electrons. The lowest BCUT2D eigenvalue weighted by molar-refractivity contribution is -0.122. The number of nitrogens with zero attached hydrogens (tertiary/aromatic N) is 1. The molecule has 3 rings (SSSR count).